The van der Waals surface area contributed by atoms with Crippen molar-refractivity contribution in [2.24, 2.45) is 5.92 Å². The van der Waals surface area contributed by atoms with Crippen LogP contribution in [0.1, 0.15) is 42.6 Å². The first kappa shape index (κ1) is 16.0. The third-order valence-corrected chi connectivity index (χ3v) is 5.25. The van der Waals surface area contributed by atoms with Crippen molar-refractivity contribution in [3.8, 4) is 0 Å². The van der Waals surface area contributed by atoms with Gasteiger partial charge < -0.3 is 10.1 Å². The molecule has 0 aliphatic heterocycles. The molecule has 1 heterocycles. The van der Waals surface area contributed by atoms with Crippen LogP contribution in [-0.4, -0.2) is 35.4 Å². The number of aromatic nitrogens is 2. The Morgan fingerprint density at radius 1 is 1.48 bits per heavy atom. The molecule has 1 N–H and O–H groups in total. The molecule has 0 aromatic carbocycles. The summed E-state index contributed by atoms with van der Waals surface area (Å²) in [4.78, 5) is 12.2. The standard InChI is InChI=1S/C16H27N3O2/c1-11-12(2)18-19(13(11)3)10-8-14-7-6-9-16(14,17-4)15(20)21-5/h14,17H,6-10H2,1-5H3. The molecule has 0 amide bonds. The van der Waals surface area contributed by atoms with E-state index in [0.717, 1.165) is 37.9 Å². The van der Waals surface area contributed by atoms with Gasteiger partial charge in [0.15, 0.2) is 0 Å². The molecule has 1 aromatic heterocycles. The van der Waals surface area contributed by atoms with Crippen LogP contribution in [0.25, 0.3) is 0 Å². The molecule has 0 spiro atoms. The number of ether oxygens (including phenoxy) is 1. The van der Waals surface area contributed by atoms with E-state index in [0.29, 0.717) is 5.92 Å². The van der Waals surface area contributed by atoms with E-state index in [4.69, 9.17) is 4.74 Å². The molecule has 0 bridgehead atoms. The van der Waals surface area contributed by atoms with Gasteiger partial charge in [-0.15, -0.1) is 0 Å². The molecule has 5 heteroatoms. The zero-order valence-corrected chi connectivity index (χ0v) is 13.8. The van der Waals surface area contributed by atoms with Crippen molar-refractivity contribution in [3.63, 3.8) is 0 Å². The smallest absolute Gasteiger partial charge is 0.326 e. The minimum atomic E-state index is -0.514. The largest absolute Gasteiger partial charge is 0.468 e. The highest BCUT2D eigenvalue weighted by Crippen LogP contribution is 2.39. The van der Waals surface area contributed by atoms with Gasteiger partial charge in [-0.2, -0.15) is 5.10 Å². The van der Waals surface area contributed by atoms with Gasteiger partial charge in [0.25, 0.3) is 0 Å². The van der Waals surface area contributed by atoms with E-state index in [2.05, 4.69) is 28.9 Å². The van der Waals surface area contributed by atoms with E-state index >= 15 is 0 Å². The molecule has 2 atom stereocenters. The topological polar surface area (TPSA) is 56.1 Å². The third kappa shape index (κ3) is 2.71. The van der Waals surface area contributed by atoms with Gasteiger partial charge in [-0.3, -0.25) is 9.48 Å². The lowest BCUT2D eigenvalue weighted by Gasteiger charge is -2.32. The zero-order valence-electron chi connectivity index (χ0n) is 13.8. The second-order valence-electron chi connectivity index (χ2n) is 6.11. The highest BCUT2D eigenvalue weighted by atomic mass is 16.5. The number of nitrogens with zero attached hydrogens (tertiary/aromatic N) is 2. The van der Waals surface area contributed by atoms with E-state index < -0.39 is 5.54 Å². The van der Waals surface area contributed by atoms with Crippen molar-refractivity contribution in [2.75, 3.05) is 14.2 Å². The van der Waals surface area contributed by atoms with E-state index in [1.165, 1.54) is 18.4 Å². The van der Waals surface area contributed by atoms with Crippen molar-refractivity contribution >= 4 is 5.97 Å². The molecular formula is C16H27N3O2. The maximum atomic E-state index is 12.2. The number of rotatable bonds is 5. The summed E-state index contributed by atoms with van der Waals surface area (Å²) < 4.78 is 7.10. The molecule has 2 unspecified atom stereocenters. The molecule has 21 heavy (non-hydrogen) atoms. The van der Waals surface area contributed by atoms with Gasteiger partial charge in [0.1, 0.15) is 5.54 Å². The monoisotopic (exact) mass is 293 g/mol. The van der Waals surface area contributed by atoms with Crippen LogP contribution in [0.5, 0.6) is 0 Å². The minimum Gasteiger partial charge on any atom is -0.468 e. The van der Waals surface area contributed by atoms with Gasteiger partial charge in [-0.05, 0) is 58.6 Å². The second-order valence-corrected chi connectivity index (χ2v) is 6.11. The number of esters is 1. The predicted octanol–water partition coefficient (Wildman–Crippen LogP) is 2.13. The van der Waals surface area contributed by atoms with Gasteiger partial charge in [-0.1, -0.05) is 6.42 Å². The molecule has 1 saturated carbocycles. The van der Waals surface area contributed by atoms with Gasteiger partial charge in [0.05, 0.1) is 12.8 Å². The Morgan fingerprint density at radius 3 is 2.71 bits per heavy atom. The maximum Gasteiger partial charge on any atom is 0.326 e. The van der Waals surface area contributed by atoms with Crippen molar-refractivity contribution in [2.45, 2.75) is 58.5 Å². The molecular weight excluding hydrogens is 266 g/mol. The average Bonchev–Trinajstić information content (AvgIpc) is 3.01. The van der Waals surface area contributed by atoms with Crippen LogP contribution in [0.2, 0.25) is 0 Å². The molecule has 5 nitrogen and oxygen atoms in total. The second kappa shape index (κ2) is 6.18. The predicted molar refractivity (Wildman–Crippen MR) is 82.2 cm³/mol. The summed E-state index contributed by atoms with van der Waals surface area (Å²) in [5.41, 5.74) is 3.06. The highest BCUT2D eigenvalue weighted by Gasteiger charge is 2.48. The van der Waals surface area contributed by atoms with Crippen molar-refractivity contribution < 1.29 is 9.53 Å². The van der Waals surface area contributed by atoms with E-state index in [9.17, 15) is 4.79 Å². The first-order chi connectivity index (χ1) is 9.96. The molecule has 1 fully saturated rings. The summed E-state index contributed by atoms with van der Waals surface area (Å²) in [5, 5.41) is 7.83. The number of carbonyl (C=O) groups is 1. The van der Waals surface area contributed by atoms with E-state index in [-0.39, 0.29) is 5.97 Å². The van der Waals surface area contributed by atoms with Crippen molar-refractivity contribution in [1.82, 2.24) is 15.1 Å². The fourth-order valence-electron chi connectivity index (χ4n) is 3.63. The minimum absolute atomic E-state index is 0.128. The Kier molecular flexibility index (Phi) is 4.71. The number of aryl methyl sites for hydroxylation is 2. The van der Waals surface area contributed by atoms with Crippen LogP contribution < -0.4 is 5.32 Å². The summed E-state index contributed by atoms with van der Waals surface area (Å²) >= 11 is 0. The summed E-state index contributed by atoms with van der Waals surface area (Å²) in [5.74, 6) is 0.177. The zero-order chi connectivity index (χ0) is 15.6. The van der Waals surface area contributed by atoms with E-state index in [1.54, 1.807) is 0 Å². The Hall–Kier alpha value is -1.36. The first-order valence-electron chi connectivity index (χ1n) is 7.74. The molecule has 118 valence electrons. The van der Waals surface area contributed by atoms with Crippen LogP contribution in [0.3, 0.4) is 0 Å². The number of likely N-dealkylation sites (N-methyl/N-ethyl adjacent to an activating group) is 1. The van der Waals surface area contributed by atoms with Gasteiger partial charge >= 0.3 is 5.97 Å². The van der Waals surface area contributed by atoms with Crippen LogP contribution in [0.15, 0.2) is 0 Å². The fourth-order valence-corrected chi connectivity index (χ4v) is 3.63. The van der Waals surface area contributed by atoms with Crippen LogP contribution in [0, 0.1) is 26.7 Å². The lowest BCUT2D eigenvalue weighted by Crippen LogP contribution is -2.54. The number of methoxy groups -OCH3 is 1. The molecule has 2 rings (SSSR count). The number of carbonyl (C=O) groups excluding carboxylic acids is 1. The van der Waals surface area contributed by atoms with Gasteiger partial charge in [-0.25, -0.2) is 0 Å². The van der Waals surface area contributed by atoms with Crippen molar-refractivity contribution in [1.29, 1.82) is 0 Å². The van der Waals surface area contributed by atoms with Gasteiger partial charge in [0.2, 0.25) is 0 Å². The third-order valence-electron chi connectivity index (χ3n) is 5.25. The van der Waals surface area contributed by atoms with Crippen molar-refractivity contribution in [3.05, 3.63) is 17.0 Å². The summed E-state index contributed by atoms with van der Waals surface area (Å²) in [6.45, 7) is 7.11. The molecule has 0 radical (unpaired) electrons. The molecule has 1 aliphatic rings. The van der Waals surface area contributed by atoms with E-state index in [1.807, 2.05) is 14.0 Å². The Balaban J connectivity index is 2.11. The quantitative estimate of drug-likeness (QED) is 0.845. The summed E-state index contributed by atoms with van der Waals surface area (Å²) in [6.07, 6.45) is 3.93. The van der Waals surface area contributed by atoms with Crippen LogP contribution >= 0.6 is 0 Å². The first-order valence-corrected chi connectivity index (χ1v) is 7.74. The summed E-state index contributed by atoms with van der Waals surface area (Å²) in [6, 6.07) is 0. The normalized spacial score (nSPS) is 25.3. The van der Waals surface area contributed by atoms with Crippen LogP contribution in [-0.2, 0) is 16.1 Å². The lowest BCUT2D eigenvalue weighted by molar-refractivity contribution is -0.150. The highest BCUT2D eigenvalue weighted by molar-refractivity contribution is 5.81. The Morgan fingerprint density at radius 2 is 2.19 bits per heavy atom. The maximum absolute atomic E-state index is 12.2. The Labute approximate surface area is 127 Å². The molecule has 1 aromatic rings. The average molecular weight is 293 g/mol. The number of nitrogens with one attached hydrogen (secondary N) is 1. The summed E-state index contributed by atoms with van der Waals surface area (Å²) in [7, 11) is 3.34. The molecule has 1 aliphatic carbocycles. The number of hydrogen-bond acceptors (Lipinski definition) is 4. The molecule has 0 saturated heterocycles. The number of hydrogen-bond donors (Lipinski definition) is 1. The van der Waals surface area contributed by atoms with Gasteiger partial charge in [0, 0.05) is 12.2 Å². The fraction of sp³-hybridized carbons (Fsp3) is 0.750. The SMILES string of the molecule is CNC1(C(=O)OC)CCCC1CCn1nc(C)c(C)c1C. The Bertz CT molecular complexity index is 524. The van der Waals surface area contributed by atoms with Crippen LogP contribution in [0.4, 0.5) is 0 Å². The lowest BCUT2D eigenvalue weighted by atomic mass is 9.84.